The van der Waals surface area contributed by atoms with Gasteiger partial charge in [-0.2, -0.15) is 5.26 Å². The molecule has 1 aromatic rings. The van der Waals surface area contributed by atoms with Crippen LogP contribution in [-0.4, -0.2) is 24.6 Å². The third-order valence-electron chi connectivity index (χ3n) is 2.52. The van der Waals surface area contributed by atoms with Gasteiger partial charge in [0, 0.05) is 7.05 Å². The lowest BCUT2D eigenvalue weighted by Gasteiger charge is -2.20. The van der Waals surface area contributed by atoms with E-state index in [-0.39, 0.29) is 12.0 Å². The molecule has 0 spiro atoms. The minimum absolute atomic E-state index is 0.000966. The van der Waals surface area contributed by atoms with E-state index in [2.05, 4.69) is 20.8 Å². The number of nitriles is 1. The Morgan fingerprint density at radius 1 is 1.44 bits per heavy atom. The van der Waals surface area contributed by atoms with E-state index in [9.17, 15) is 4.79 Å². The quantitative estimate of drug-likeness (QED) is 0.754. The number of carbonyl (C=O) groups is 1. The van der Waals surface area contributed by atoms with Crippen molar-refractivity contribution in [3.63, 3.8) is 0 Å². The van der Waals surface area contributed by atoms with Crippen LogP contribution in [0.1, 0.15) is 26.3 Å². The Morgan fingerprint density at radius 2 is 2.11 bits per heavy atom. The van der Waals surface area contributed by atoms with Gasteiger partial charge in [-0.3, -0.25) is 4.90 Å². The van der Waals surface area contributed by atoms with E-state index in [1.54, 1.807) is 6.07 Å². The maximum atomic E-state index is 11.6. The fraction of sp³-hybridized carbons (Fsp3) is 0.429. The Balaban J connectivity index is 2.81. The van der Waals surface area contributed by atoms with Crippen molar-refractivity contribution in [3.05, 3.63) is 29.8 Å². The summed E-state index contributed by atoms with van der Waals surface area (Å²) in [6, 6.07) is 9.32. The number of hydrogen-bond donors (Lipinski definition) is 0. The van der Waals surface area contributed by atoms with Crippen molar-refractivity contribution in [2.75, 3.05) is 13.6 Å². The summed E-state index contributed by atoms with van der Waals surface area (Å²) in [6.45, 7) is 6.29. The molecule has 4 nitrogen and oxygen atoms in total. The number of carbonyl (C=O) groups excluding carboxylic acids is 1. The second-order valence-electron chi connectivity index (χ2n) is 5.16. The molecule has 0 saturated heterocycles. The number of benzene rings is 1. The van der Waals surface area contributed by atoms with Crippen LogP contribution < -0.4 is 4.74 Å². The Labute approximate surface area is 108 Å². The first kappa shape index (κ1) is 14.0. The van der Waals surface area contributed by atoms with Crippen molar-refractivity contribution in [1.29, 1.82) is 5.26 Å². The van der Waals surface area contributed by atoms with Crippen LogP contribution in [0, 0.1) is 11.3 Å². The zero-order chi connectivity index (χ0) is 13.8. The minimum atomic E-state index is -0.525. The molecule has 1 rings (SSSR count). The van der Waals surface area contributed by atoms with Crippen molar-refractivity contribution < 1.29 is 9.53 Å². The monoisotopic (exact) mass is 246 g/mol. The average molecular weight is 246 g/mol. The van der Waals surface area contributed by atoms with E-state index >= 15 is 0 Å². The van der Waals surface area contributed by atoms with Gasteiger partial charge in [-0.25, -0.2) is 4.79 Å². The molecular weight excluding hydrogens is 228 g/mol. The maximum Gasteiger partial charge on any atom is 0.415 e. The number of ether oxygens (including phenoxy) is 1. The van der Waals surface area contributed by atoms with Gasteiger partial charge in [-0.1, -0.05) is 32.9 Å². The second kappa shape index (κ2) is 5.54. The molecule has 0 atom stereocenters. The number of hydrogen-bond acceptors (Lipinski definition) is 3. The second-order valence-corrected chi connectivity index (χ2v) is 5.16. The van der Waals surface area contributed by atoms with Gasteiger partial charge in [0.15, 0.2) is 0 Å². The molecule has 0 heterocycles. The summed E-state index contributed by atoms with van der Waals surface area (Å²) in [7, 11) is 1.53. The van der Waals surface area contributed by atoms with E-state index in [1.165, 1.54) is 11.9 Å². The Morgan fingerprint density at radius 3 is 2.67 bits per heavy atom. The molecule has 0 radical (unpaired) electrons. The number of rotatable bonds is 2. The zero-order valence-electron chi connectivity index (χ0n) is 11.2. The molecule has 0 fully saturated rings. The van der Waals surface area contributed by atoms with Crippen LogP contribution in [-0.2, 0) is 5.41 Å². The summed E-state index contributed by atoms with van der Waals surface area (Å²) in [5.41, 5.74) is 1.09. The van der Waals surface area contributed by atoms with E-state index in [4.69, 9.17) is 10.00 Å². The molecule has 96 valence electrons. The molecular formula is C14H18N2O2. The van der Waals surface area contributed by atoms with Gasteiger partial charge in [-0.05, 0) is 23.1 Å². The highest BCUT2D eigenvalue weighted by Crippen LogP contribution is 2.25. The molecule has 0 N–H and O–H groups in total. The SMILES string of the molecule is CN(CC#N)C(=O)Oc1cccc(C(C)(C)C)c1. The van der Waals surface area contributed by atoms with Crippen molar-refractivity contribution in [2.24, 2.45) is 0 Å². The van der Waals surface area contributed by atoms with Gasteiger partial charge in [0.2, 0.25) is 0 Å². The van der Waals surface area contributed by atoms with Gasteiger partial charge < -0.3 is 4.74 Å². The van der Waals surface area contributed by atoms with Crippen LogP contribution in [0.4, 0.5) is 4.79 Å². The van der Waals surface area contributed by atoms with Gasteiger partial charge in [0.1, 0.15) is 12.3 Å². The Hall–Kier alpha value is -2.02. The van der Waals surface area contributed by atoms with Crippen LogP contribution in [0.3, 0.4) is 0 Å². The van der Waals surface area contributed by atoms with Gasteiger partial charge in [0.05, 0.1) is 6.07 Å². The average Bonchev–Trinajstić information content (AvgIpc) is 2.28. The lowest BCUT2D eigenvalue weighted by molar-refractivity contribution is 0.167. The van der Waals surface area contributed by atoms with Gasteiger partial charge in [-0.15, -0.1) is 0 Å². The van der Waals surface area contributed by atoms with Gasteiger partial charge >= 0.3 is 6.09 Å². The molecule has 0 aliphatic rings. The molecule has 0 bridgehead atoms. The fourth-order valence-corrected chi connectivity index (χ4v) is 1.38. The number of nitrogens with zero attached hydrogens (tertiary/aromatic N) is 2. The minimum Gasteiger partial charge on any atom is -0.410 e. The van der Waals surface area contributed by atoms with Crippen LogP contribution in [0.25, 0.3) is 0 Å². The molecule has 4 heteroatoms. The molecule has 0 aliphatic heterocycles. The third-order valence-corrected chi connectivity index (χ3v) is 2.52. The molecule has 1 amide bonds. The first-order chi connectivity index (χ1) is 8.34. The van der Waals surface area contributed by atoms with E-state index < -0.39 is 6.09 Å². The molecule has 18 heavy (non-hydrogen) atoms. The summed E-state index contributed by atoms with van der Waals surface area (Å²) >= 11 is 0. The standard InChI is InChI=1S/C14H18N2O2/c1-14(2,3)11-6-5-7-12(10-11)18-13(17)16(4)9-8-15/h5-7,10H,9H2,1-4H3. The lowest BCUT2D eigenvalue weighted by atomic mass is 9.87. The topological polar surface area (TPSA) is 53.3 Å². The highest BCUT2D eigenvalue weighted by atomic mass is 16.6. The fourth-order valence-electron chi connectivity index (χ4n) is 1.38. The molecule has 0 aromatic heterocycles. The van der Waals surface area contributed by atoms with E-state index in [0.29, 0.717) is 5.75 Å². The maximum absolute atomic E-state index is 11.6. The predicted molar refractivity (Wildman–Crippen MR) is 69.4 cm³/mol. The van der Waals surface area contributed by atoms with Crippen molar-refractivity contribution in [2.45, 2.75) is 26.2 Å². The summed E-state index contributed by atoms with van der Waals surface area (Å²) in [5, 5.41) is 8.50. The smallest absolute Gasteiger partial charge is 0.410 e. The summed E-state index contributed by atoms with van der Waals surface area (Å²) < 4.78 is 5.20. The van der Waals surface area contributed by atoms with Crippen molar-refractivity contribution >= 4 is 6.09 Å². The first-order valence-corrected chi connectivity index (χ1v) is 5.75. The number of amides is 1. The zero-order valence-corrected chi connectivity index (χ0v) is 11.2. The largest absolute Gasteiger partial charge is 0.415 e. The summed E-state index contributed by atoms with van der Waals surface area (Å²) in [6.07, 6.45) is -0.525. The predicted octanol–water partition coefficient (Wildman–Crippen LogP) is 2.94. The summed E-state index contributed by atoms with van der Waals surface area (Å²) in [5.74, 6) is 0.497. The molecule has 1 aromatic carbocycles. The normalized spacial score (nSPS) is 10.6. The Kier molecular flexibility index (Phi) is 4.33. The van der Waals surface area contributed by atoms with Crippen LogP contribution in [0.5, 0.6) is 5.75 Å². The highest BCUT2D eigenvalue weighted by molar-refractivity contribution is 5.70. The van der Waals surface area contributed by atoms with Crippen molar-refractivity contribution in [3.8, 4) is 11.8 Å². The molecule has 0 saturated carbocycles. The van der Waals surface area contributed by atoms with Gasteiger partial charge in [0.25, 0.3) is 0 Å². The first-order valence-electron chi connectivity index (χ1n) is 5.75. The molecule has 0 unspecified atom stereocenters. The highest BCUT2D eigenvalue weighted by Gasteiger charge is 2.16. The molecule has 0 aliphatic carbocycles. The summed E-state index contributed by atoms with van der Waals surface area (Å²) in [4.78, 5) is 12.8. The van der Waals surface area contributed by atoms with Crippen molar-refractivity contribution in [1.82, 2.24) is 4.90 Å². The van der Waals surface area contributed by atoms with Crippen LogP contribution in [0.2, 0.25) is 0 Å². The van der Waals surface area contributed by atoms with E-state index in [1.807, 2.05) is 24.3 Å². The van der Waals surface area contributed by atoms with E-state index in [0.717, 1.165) is 5.56 Å². The Bertz CT molecular complexity index is 469. The lowest BCUT2D eigenvalue weighted by Crippen LogP contribution is -2.30. The third kappa shape index (κ3) is 3.77. The van der Waals surface area contributed by atoms with Crippen LogP contribution >= 0.6 is 0 Å². The van der Waals surface area contributed by atoms with Crippen LogP contribution in [0.15, 0.2) is 24.3 Å².